The number of carbonyl (C=O) groups excluding carboxylic acids is 2. The van der Waals surface area contributed by atoms with E-state index in [2.05, 4.69) is 47.9 Å². The van der Waals surface area contributed by atoms with E-state index in [-0.39, 0.29) is 36.3 Å². The maximum absolute atomic E-state index is 14.9. The van der Waals surface area contributed by atoms with Crippen molar-refractivity contribution in [3.05, 3.63) is 76.9 Å². The summed E-state index contributed by atoms with van der Waals surface area (Å²) in [4.78, 5) is 37.5. The Labute approximate surface area is 256 Å². The molecular formula is C33H38FN7O3. The zero-order valence-corrected chi connectivity index (χ0v) is 24.7. The molecule has 3 N–H and O–H groups in total. The number of amides is 2. The first-order valence-corrected chi connectivity index (χ1v) is 15.6. The molecule has 0 bridgehead atoms. The SMILES string of the molecule is O=C1CCC(c2ccc(N3CC(N4CCC(OCc5ccc(Nc6ncc7c(n6)CNCC7)cc5F)CC4)C3)cc2)C(=O)N1. The van der Waals surface area contributed by atoms with Crippen molar-refractivity contribution in [2.45, 2.75) is 63.3 Å². The summed E-state index contributed by atoms with van der Waals surface area (Å²) in [6.45, 7) is 5.80. The van der Waals surface area contributed by atoms with Crippen LogP contribution < -0.4 is 20.9 Å². The molecule has 3 aromatic rings. The molecule has 4 aliphatic rings. The van der Waals surface area contributed by atoms with Gasteiger partial charge in [-0.2, -0.15) is 0 Å². The second-order valence-electron chi connectivity index (χ2n) is 12.2. The van der Waals surface area contributed by atoms with Crippen molar-refractivity contribution in [2.75, 3.05) is 42.9 Å². The van der Waals surface area contributed by atoms with Gasteiger partial charge in [-0.1, -0.05) is 18.2 Å². The molecule has 5 heterocycles. The molecule has 4 aliphatic heterocycles. The lowest BCUT2D eigenvalue weighted by molar-refractivity contribution is -0.134. The molecule has 10 nitrogen and oxygen atoms in total. The Bertz CT molecular complexity index is 1520. The largest absolute Gasteiger partial charge is 0.373 e. The van der Waals surface area contributed by atoms with E-state index in [0.717, 1.165) is 81.0 Å². The first-order chi connectivity index (χ1) is 21.5. The van der Waals surface area contributed by atoms with Crippen molar-refractivity contribution >= 4 is 29.1 Å². The van der Waals surface area contributed by atoms with Crippen molar-refractivity contribution in [3.8, 4) is 0 Å². The maximum Gasteiger partial charge on any atom is 0.234 e. The van der Waals surface area contributed by atoms with Crippen LogP contribution in [-0.2, 0) is 33.9 Å². The first kappa shape index (κ1) is 28.8. The third-order valence-corrected chi connectivity index (χ3v) is 9.36. The lowest BCUT2D eigenvalue weighted by Crippen LogP contribution is -2.61. The van der Waals surface area contributed by atoms with Gasteiger partial charge in [-0.3, -0.25) is 19.8 Å². The number of likely N-dealkylation sites (tertiary alicyclic amines) is 1. The van der Waals surface area contributed by atoms with Gasteiger partial charge in [0.25, 0.3) is 0 Å². The van der Waals surface area contributed by atoms with Gasteiger partial charge in [0.2, 0.25) is 17.8 Å². The molecule has 1 aromatic heterocycles. The minimum absolute atomic E-state index is 0.122. The van der Waals surface area contributed by atoms with E-state index < -0.39 is 0 Å². The number of hydrogen-bond acceptors (Lipinski definition) is 9. The van der Waals surface area contributed by atoms with Crippen LogP contribution >= 0.6 is 0 Å². The molecule has 0 saturated carbocycles. The van der Waals surface area contributed by atoms with E-state index in [9.17, 15) is 14.0 Å². The summed E-state index contributed by atoms with van der Waals surface area (Å²) in [6, 6.07) is 13.8. The number of ether oxygens (including phenoxy) is 1. The van der Waals surface area contributed by atoms with E-state index >= 15 is 0 Å². The van der Waals surface area contributed by atoms with Gasteiger partial charge >= 0.3 is 0 Å². The molecule has 2 amide bonds. The number of fused-ring (bicyclic) bond motifs is 1. The Morgan fingerprint density at radius 1 is 1.02 bits per heavy atom. The van der Waals surface area contributed by atoms with E-state index in [1.54, 1.807) is 6.07 Å². The lowest BCUT2D eigenvalue weighted by atomic mass is 9.90. The quantitative estimate of drug-likeness (QED) is 0.336. The average molecular weight is 600 g/mol. The number of nitrogens with zero attached hydrogens (tertiary/aromatic N) is 4. The number of aromatic nitrogens is 2. The Balaban J connectivity index is 0.841. The molecule has 7 rings (SSSR count). The number of anilines is 3. The summed E-state index contributed by atoms with van der Waals surface area (Å²) < 4.78 is 21.1. The summed E-state index contributed by atoms with van der Waals surface area (Å²) in [5.74, 6) is -0.462. The maximum atomic E-state index is 14.9. The molecular weight excluding hydrogens is 561 g/mol. The van der Waals surface area contributed by atoms with Gasteiger partial charge in [0, 0.05) is 68.3 Å². The molecule has 230 valence electrons. The Hall–Kier alpha value is -3.93. The fraction of sp³-hybridized carbons (Fsp3) is 0.455. The van der Waals surface area contributed by atoms with Gasteiger partial charge in [-0.05, 0) is 67.6 Å². The highest BCUT2D eigenvalue weighted by atomic mass is 19.1. The number of halogens is 1. The zero-order valence-electron chi connectivity index (χ0n) is 24.7. The van der Waals surface area contributed by atoms with Crippen molar-refractivity contribution in [1.29, 1.82) is 0 Å². The number of benzene rings is 2. The molecule has 0 aliphatic carbocycles. The van der Waals surface area contributed by atoms with Crippen molar-refractivity contribution in [1.82, 2.24) is 25.5 Å². The predicted octanol–water partition coefficient (Wildman–Crippen LogP) is 3.40. The molecule has 3 saturated heterocycles. The molecule has 3 fully saturated rings. The van der Waals surface area contributed by atoms with Crippen LogP contribution in [0.2, 0.25) is 0 Å². The van der Waals surface area contributed by atoms with Gasteiger partial charge in [0.15, 0.2) is 0 Å². The fourth-order valence-electron chi connectivity index (χ4n) is 6.61. The average Bonchev–Trinajstić information content (AvgIpc) is 3.01. The van der Waals surface area contributed by atoms with Crippen LogP contribution in [0.5, 0.6) is 0 Å². The second-order valence-corrected chi connectivity index (χ2v) is 12.2. The number of hydrogen-bond donors (Lipinski definition) is 3. The van der Waals surface area contributed by atoms with Gasteiger partial charge < -0.3 is 20.3 Å². The third-order valence-electron chi connectivity index (χ3n) is 9.36. The lowest BCUT2D eigenvalue weighted by Gasteiger charge is -2.48. The highest BCUT2D eigenvalue weighted by molar-refractivity contribution is 6.00. The normalized spacial score (nSPS) is 21.5. The zero-order chi connectivity index (χ0) is 30.0. The molecule has 0 radical (unpaired) electrons. The Kier molecular flexibility index (Phi) is 8.24. The molecule has 44 heavy (non-hydrogen) atoms. The molecule has 11 heteroatoms. The number of carbonyl (C=O) groups is 2. The second kappa shape index (κ2) is 12.6. The predicted molar refractivity (Wildman–Crippen MR) is 164 cm³/mol. The van der Waals surface area contributed by atoms with Crippen LogP contribution in [-0.4, -0.2) is 71.6 Å². The van der Waals surface area contributed by atoms with Crippen LogP contribution in [0, 0.1) is 5.82 Å². The van der Waals surface area contributed by atoms with Crippen molar-refractivity contribution < 1.29 is 18.7 Å². The summed E-state index contributed by atoms with van der Waals surface area (Å²) in [6.07, 6.45) is 5.71. The van der Waals surface area contributed by atoms with Crippen LogP contribution in [0.1, 0.15) is 54.0 Å². The van der Waals surface area contributed by atoms with Gasteiger partial charge in [0.05, 0.1) is 24.3 Å². The Morgan fingerprint density at radius 3 is 2.61 bits per heavy atom. The summed E-state index contributed by atoms with van der Waals surface area (Å²) in [5, 5.41) is 8.87. The molecule has 1 atom stereocenters. The van der Waals surface area contributed by atoms with Crippen LogP contribution in [0.4, 0.5) is 21.7 Å². The van der Waals surface area contributed by atoms with Gasteiger partial charge in [0.1, 0.15) is 5.82 Å². The smallest absolute Gasteiger partial charge is 0.234 e. The van der Waals surface area contributed by atoms with E-state index in [1.807, 2.05) is 24.4 Å². The van der Waals surface area contributed by atoms with Crippen LogP contribution in [0.3, 0.4) is 0 Å². The fourth-order valence-corrected chi connectivity index (χ4v) is 6.61. The number of rotatable bonds is 8. The van der Waals surface area contributed by atoms with Crippen molar-refractivity contribution in [2.24, 2.45) is 0 Å². The Morgan fingerprint density at radius 2 is 1.84 bits per heavy atom. The van der Waals surface area contributed by atoms with Crippen molar-refractivity contribution in [3.63, 3.8) is 0 Å². The first-order valence-electron chi connectivity index (χ1n) is 15.6. The summed E-state index contributed by atoms with van der Waals surface area (Å²) in [7, 11) is 0. The highest BCUT2D eigenvalue weighted by Crippen LogP contribution is 2.30. The van der Waals surface area contributed by atoms with Gasteiger partial charge in [-0.15, -0.1) is 0 Å². The van der Waals surface area contributed by atoms with E-state index in [4.69, 9.17) is 4.74 Å². The minimum atomic E-state index is -0.299. The minimum Gasteiger partial charge on any atom is -0.373 e. The third kappa shape index (κ3) is 6.31. The monoisotopic (exact) mass is 599 g/mol. The summed E-state index contributed by atoms with van der Waals surface area (Å²) in [5.41, 5.74) is 5.42. The number of imide groups is 1. The number of nitrogens with one attached hydrogen (secondary N) is 3. The van der Waals surface area contributed by atoms with E-state index in [1.165, 1.54) is 6.07 Å². The number of piperidine rings is 2. The molecule has 1 unspecified atom stereocenters. The van der Waals surface area contributed by atoms with Crippen LogP contribution in [0.25, 0.3) is 0 Å². The molecule has 2 aromatic carbocycles. The highest BCUT2D eigenvalue weighted by Gasteiger charge is 2.35. The van der Waals surface area contributed by atoms with Gasteiger partial charge in [-0.25, -0.2) is 14.4 Å². The molecule has 0 spiro atoms. The van der Waals surface area contributed by atoms with E-state index in [0.29, 0.717) is 36.1 Å². The van der Waals surface area contributed by atoms with Crippen LogP contribution in [0.15, 0.2) is 48.7 Å². The topological polar surface area (TPSA) is 112 Å². The summed E-state index contributed by atoms with van der Waals surface area (Å²) >= 11 is 0. The standard InChI is InChI=1S/C33H38FN7O3/c34-29-15-24(37-33-36-16-22-9-12-35-17-30(22)38-33)4-1-23(29)20-44-27-10-13-40(14-11-27)26-18-41(19-26)25-5-2-21(3-6-25)28-7-8-31(42)39-32(28)43/h1-6,15-16,26-28,35H,7-14,17-20H2,(H,36,37,38)(H,39,42,43).